The van der Waals surface area contributed by atoms with Gasteiger partial charge >= 0.3 is 5.97 Å². The van der Waals surface area contributed by atoms with E-state index in [9.17, 15) is 13.2 Å². The van der Waals surface area contributed by atoms with Crippen molar-refractivity contribution >= 4 is 16.0 Å². The molecule has 0 fully saturated rings. The van der Waals surface area contributed by atoms with Crippen LogP contribution in [-0.2, 0) is 19.6 Å². The molecule has 0 aliphatic heterocycles. The number of carboxylic acids is 1. The third-order valence-electron chi connectivity index (χ3n) is 1.81. The molecule has 0 aliphatic rings. The summed E-state index contributed by atoms with van der Waals surface area (Å²) < 4.78 is 29.3. The van der Waals surface area contributed by atoms with Gasteiger partial charge in [-0.2, -0.15) is 0 Å². The fourth-order valence-electron chi connectivity index (χ4n) is 0.965. The molecule has 0 saturated heterocycles. The first kappa shape index (κ1) is 15.3. The van der Waals surface area contributed by atoms with Gasteiger partial charge in [-0.05, 0) is 7.05 Å². The van der Waals surface area contributed by atoms with E-state index in [1.807, 2.05) is 11.9 Å². The average molecular weight is 254 g/mol. The topological polar surface area (TPSA) is 95.9 Å². The summed E-state index contributed by atoms with van der Waals surface area (Å²) in [6.45, 7) is 1.95. The Bertz CT molecular complexity index is 304. The fourth-order valence-corrected chi connectivity index (χ4v) is 1.79. The molecule has 0 aromatic heterocycles. The number of hydrogen-bond donors (Lipinski definition) is 2. The number of ether oxygens (including phenoxy) is 1. The zero-order valence-corrected chi connectivity index (χ0v) is 10.3. The van der Waals surface area contributed by atoms with Gasteiger partial charge in [0.25, 0.3) is 0 Å². The number of nitrogens with zero attached hydrogens (tertiary/aromatic N) is 1. The lowest BCUT2D eigenvalue weighted by atomic mass is 10.5. The highest BCUT2D eigenvalue weighted by Gasteiger charge is 2.14. The molecular weight excluding hydrogens is 236 g/mol. The Hall–Kier alpha value is -0.700. The Labute approximate surface area is 95.4 Å². The van der Waals surface area contributed by atoms with E-state index in [2.05, 4.69) is 4.72 Å². The van der Waals surface area contributed by atoms with Crippen molar-refractivity contribution in [2.45, 2.75) is 0 Å². The van der Waals surface area contributed by atoms with Crippen molar-refractivity contribution in [1.29, 1.82) is 0 Å². The molecular formula is C8H18N2O5S. The number of aliphatic carboxylic acids is 1. The maximum Gasteiger partial charge on any atom is 0.320 e. The Kier molecular flexibility index (Phi) is 7.22. The van der Waals surface area contributed by atoms with E-state index in [-0.39, 0.29) is 6.54 Å². The predicted molar refractivity (Wildman–Crippen MR) is 58.8 cm³/mol. The fraction of sp³-hybridized carbons (Fsp3) is 0.875. The van der Waals surface area contributed by atoms with Crippen molar-refractivity contribution in [3.8, 4) is 0 Å². The quantitative estimate of drug-likeness (QED) is 0.523. The van der Waals surface area contributed by atoms with Crippen LogP contribution >= 0.6 is 0 Å². The monoisotopic (exact) mass is 254 g/mol. The molecule has 0 unspecified atom stereocenters. The Morgan fingerprint density at radius 2 is 2.06 bits per heavy atom. The Balaban J connectivity index is 3.76. The number of carboxylic acid groups (broad SMARTS) is 1. The highest BCUT2D eigenvalue weighted by molar-refractivity contribution is 7.90. The molecule has 0 spiro atoms. The van der Waals surface area contributed by atoms with Crippen LogP contribution in [0.3, 0.4) is 0 Å². The molecule has 0 heterocycles. The number of sulfonamides is 1. The number of carbonyl (C=O) groups is 1. The lowest BCUT2D eigenvalue weighted by Crippen LogP contribution is -2.36. The lowest BCUT2D eigenvalue weighted by Gasteiger charge is -2.15. The highest BCUT2D eigenvalue weighted by Crippen LogP contribution is 1.86. The van der Waals surface area contributed by atoms with E-state index >= 15 is 0 Å². The third kappa shape index (κ3) is 8.60. The number of hydrogen-bond acceptors (Lipinski definition) is 5. The molecule has 0 aromatic carbocycles. The minimum absolute atomic E-state index is 0.190. The van der Waals surface area contributed by atoms with Gasteiger partial charge in [-0.15, -0.1) is 0 Å². The molecule has 96 valence electrons. The summed E-state index contributed by atoms with van der Waals surface area (Å²) in [5, 5.41) is 8.33. The summed E-state index contributed by atoms with van der Waals surface area (Å²) in [6.07, 6.45) is 0. The normalized spacial score (nSPS) is 11.9. The van der Waals surface area contributed by atoms with Crippen molar-refractivity contribution in [1.82, 2.24) is 9.62 Å². The van der Waals surface area contributed by atoms with E-state index in [0.717, 1.165) is 0 Å². The molecule has 0 bridgehead atoms. The summed E-state index contributed by atoms with van der Waals surface area (Å²) >= 11 is 0. The smallest absolute Gasteiger partial charge is 0.320 e. The van der Waals surface area contributed by atoms with Crippen molar-refractivity contribution < 1.29 is 23.1 Å². The molecule has 0 rings (SSSR count). The molecule has 0 amide bonds. The first-order valence-electron chi connectivity index (χ1n) is 4.74. The summed E-state index contributed by atoms with van der Waals surface area (Å²) in [5.41, 5.74) is 0. The van der Waals surface area contributed by atoms with Crippen LogP contribution in [0.4, 0.5) is 0 Å². The van der Waals surface area contributed by atoms with Crippen LogP contribution in [0.25, 0.3) is 0 Å². The Morgan fingerprint density at radius 1 is 1.44 bits per heavy atom. The van der Waals surface area contributed by atoms with Crippen LogP contribution in [0.15, 0.2) is 0 Å². The summed E-state index contributed by atoms with van der Waals surface area (Å²) in [7, 11) is -0.294. The van der Waals surface area contributed by atoms with E-state index in [0.29, 0.717) is 19.7 Å². The molecule has 2 N–H and O–H groups in total. The van der Waals surface area contributed by atoms with E-state index < -0.39 is 21.7 Å². The SMILES string of the molecule is COCCN(C)CCNS(=O)(=O)CC(=O)O. The van der Waals surface area contributed by atoms with Crippen molar-refractivity contribution in [2.24, 2.45) is 0 Å². The number of methoxy groups -OCH3 is 1. The molecule has 0 aromatic rings. The maximum absolute atomic E-state index is 11.1. The second-order valence-corrected chi connectivity index (χ2v) is 5.15. The molecule has 0 saturated carbocycles. The summed E-state index contributed by atoms with van der Waals surface area (Å²) in [6, 6.07) is 0. The Morgan fingerprint density at radius 3 is 2.56 bits per heavy atom. The van der Waals surface area contributed by atoms with E-state index in [4.69, 9.17) is 9.84 Å². The van der Waals surface area contributed by atoms with E-state index in [1.165, 1.54) is 0 Å². The maximum atomic E-state index is 11.1. The number of nitrogens with one attached hydrogen (secondary N) is 1. The molecule has 8 heteroatoms. The van der Waals surface area contributed by atoms with Gasteiger partial charge in [0.05, 0.1) is 6.61 Å². The van der Waals surface area contributed by atoms with Gasteiger partial charge in [0.1, 0.15) is 0 Å². The first-order valence-corrected chi connectivity index (χ1v) is 6.39. The lowest BCUT2D eigenvalue weighted by molar-refractivity contribution is -0.134. The standard InChI is InChI=1S/C8H18N2O5S/c1-10(5-6-15-2)4-3-9-16(13,14)7-8(11)12/h9H,3-7H2,1-2H3,(H,11,12). The molecule has 16 heavy (non-hydrogen) atoms. The van der Waals surface area contributed by atoms with Crippen LogP contribution < -0.4 is 4.72 Å². The van der Waals surface area contributed by atoms with Gasteiger partial charge in [-0.25, -0.2) is 13.1 Å². The van der Waals surface area contributed by atoms with Gasteiger partial charge in [-0.1, -0.05) is 0 Å². The zero-order chi connectivity index (χ0) is 12.6. The largest absolute Gasteiger partial charge is 0.480 e. The van der Waals surface area contributed by atoms with Gasteiger partial charge in [0.2, 0.25) is 10.0 Å². The predicted octanol–water partition coefficient (Wildman–Crippen LogP) is -1.43. The molecule has 7 nitrogen and oxygen atoms in total. The van der Waals surface area contributed by atoms with Gasteiger partial charge < -0.3 is 14.7 Å². The molecule has 0 atom stereocenters. The average Bonchev–Trinajstić information content (AvgIpc) is 2.12. The zero-order valence-electron chi connectivity index (χ0n) is 9.47. The van der Waals surface area contributed by atoms with Crippen LogP contribution in [0.1, 0.15) is 0 Å². The van der Waals surface area contributed by atoms with Crippen LogP contribution in [0.5, 0.6) is 0 Å². The van der Waals surface area contributed by atoms with Crippen molar-refractivity contribution in [3.05, 3.63) is 0 Å². The number of likely N-dealkylation sites (N-methyl/N-ethyl adjacent to an activating group) is 1. The van der Waals surface area contributed by atoms with Crippen LogP contribution in [-0.4, -0.2) is 70.5 Å². The highest BCUT2D eigenvalue weighted by atomic mass is 32.2. The molecule has 0 aliphatic carbocycles. The minimum Gasteiger partial charge on any atom is -0.480 e. The first-order chi connectivity index (χ1) is 7.37. The van der Waals surface area contributed by atoms with Gasteiger partial charge in [-0.3, -0.25) is 4.79 Å². The van der Waals surface area contributed by atoms with E-state index in [1.54, 1.807) is 7.11 Å². The van der Waals surface area contributed by atoms with Gasteiger partial charge in [0, 0.05) is 26.7 Å². The second-order valence-electron chi connectivity index (χ2n) is 3.34. The van der Waals surface area contributed by atoms with Crippen molar-refractivity contribution in [3.63, 3.8) is 0 Å². The summed E-state index contributed by atoms with van der Waals surface area (Å²) in [4.78, 5) is 12.1. The second kappa shape index (κ2) is 7.55. The molecule has 0 radical (unpaired) electrons. The van der Waals surface area contributed by atoms with Crippen LogP contribution in [0, 0.1) is 0 Å². The third-order valence-corrected chi connectivity index (χ3v) is 3.08. The van der Waals surface area contributed by atoms with Gasteiger partial charge in [0.15, 0.2) is 5.75 Å². The number of rotatable bonds is 9. The summed E-state index contributed by atoms with van der Waals surface area (Å²) in [5.74, 6) is -2.25. The van der Waals surface area contributed by atoms with Crippen molar-refractivity contribution in [2.75, 3.05) is 46.2 Å². The van der Waals surface area contributed by atoms with Crippen LogP contribution in [0.2, 0.25) is 0 Å². The minimum atomic E-state index is -3.70.